The molecule has 0 aliphatic rings. The van der Waals surface area contributed by atoms with E-state index in [1.807, 2.05) is 0 Å². The second-order valence-electron chi connectivity index (χ2n) is 3.49. The van der Waals surface area contributed by atoms with E-state index in [0.717, 1.165) is 5.39 Å². The maximum absolute atomic E-state index is 13.7. The van der Waals surface area contributed by atoms with Gasteiger partial charge in [-0.05, 0) is 18.0 Å². The van der Waals surface area contributed by atoms with Crippen LogP contribution in [0.2, 0.25) is 0 Å². The molecule has 1 heterocycles. The van der Waals surface area contributed by atoms with Crippen molar-refractivity contribution in [1.29, 1.82) is 0 Å². The van der Waals surface area contributed by atoms with E-state index in [4.69, 9.17) is 5.73 Å². The Labute approximate surface area is 86.1 Å². The zero-order valence-electron chi connectivity index (χ0n) is 8.13. The smallest absolute Gasteiger partial charge is 0.276 e. The number of para-hydroxylation sites is 1. The molecule has 1 aromatic heterocycles. The van der Waals surface area contributed by atoms with Crippen LogP contribution in [0.1, 0.15) is 12.0 Å². The summed E-state index contributed by atoms with van der Waals surface area (Å²) in [4.78, 5) is 2.83. The Balaban J connectivity index is 2.55. The van der Waals surface area contributed by atoms with Crippen LogP contribution in [0.4, 0.5) is 8.78 Å². The van der Waals surface area contributed by atoms with Crippen LogP contribution in [0.25, 0.3) is 10.9 Å². The summed E-state index contributed by atoms with van der Waals surface area (Å²) in [6, 6.07) is 6.65. The average Bonchev–Trinajstić information content (AvgIpc) is 2.64. The normalized spacial score (nSPS) is 12.2. The van der Waals surface area contributed by atoms with E-state index >= 15 is 0 Å². The van der Waals surface area contributed by atoms with Gasteiger partial charge < -0.3 is 10.7 Å². The van der Waals surface area contributed by atoms with Gasteiger partial charge in [0, 0.05) is 18.2 Å². The van der Waals surface area contributed by atoms with Crippen LogP contribution < -0.4 is 5.73 Å². The van der Waals surface area contributed by atoms with E-state index < -0.39 is 5.92 Å². The number of alkyl halides is 2. The predicted octanol–water partition coefficient (Wildman–Crippen LogP) is 2.61. The van der Waals surface area contributed by atoms with Gasteiger partial charge in [-0.25, -0.2) is 8.78 Å². The molecule has 1 aromatic carbocycles. The third-order valence-corrected chi connectivity index (χ3v) is 2.44. The van der Waals surface area contributed by atoms with Crippen LogP contribution in [0, 0.1) is 0 Å². The number of nitrogens with two attached hydrogens (primary N) is 1. The highest BCUT2D eigenvalue weighted by Crippen LogP contribution is 2.35. The first-order valence-electron chi connectivity index (χ1n) is 4.79. The molecular formula is C11H12F2N2. The van der Waals surface area contributed by atoms with Gasteiger partial charge in [-0.3, -0.25) is 0 Å². The zero-order valence-corrected chi connectivity index (χ0v) is 8.13. The highest BCUT2D eigenvalue weighted by atomic mass is 19.3. The van der Waals surface area contributed by atoms with Crippen molar-refractivity contribution in [3.05, 3.63) is 36.0 Å². The molecule has 3 N–H and O–H groups in total. The van der Waals surface area contributed by atoms with Crippen molar-refractivity contribution < 1.29 is 8.78 Å². The summed E-state index contributed by atoms with van der Waals surface area (Å²) in [6.07, 6.45) is 1.33. The van der Waals surface area contributed by atoms with Crippen LogP contribution in [0.5, 0.6) is 0 Å². The van der Waals surface area contributed by atoms with E-state index in [1.165, 1.54) is 6.07 Å². The lowest BCUT2D eigenvalue weighted by atomic mass is 10.0. The Morgan fingerprint density at radius 1 is 1.27 bits per heavy atom. The van der Waals surface area contributed by atoms with Crippen molar-refractivity contribution in [2.75, 3.05) is 6.54 Å². The van der Waals surface area contributed by atoms with Gasteiger partial charge in [-0.1, -0.05) is 18.2 Å². The fraction of sp³-hybridized carbons (Fsp3) is 0.273. The second kappa shape index (κ2) is 3.62. The maximum atomic E-state index is 13.7. The minimum Gasteiger partial charge on any atom is -0.361 e. The van der Waals surface area contributed by atoms with Gasteiger partial charge in [0.05, 0.1) is 5.52 Å². The number of fused-ring (bicyclic) bond motifs is 1. The monoisotopic (exact) mass is 210 g/mol. The fourth-order valence-electron chi connectivity index (χ4n) is 1.71. The summed E-state index contributed by atoms with van der Waals surface area (Å²) in [5.41, 5.74) is 5.70. The zero-order chi connectivity index (χ0) is 10.9. The van der Waals surface area contributed by atoms with Crippen LogP contribution >= 0.6 is 0 Å². The molecule has 0 saturated heterocycles. The van der Waals surface area contributed by atoms with Gasteiger partial charge in [0.15, 0.2) is 0 Å². The quantitative estimate of drug-likeness (QED) is 0.803. The summed E-state index contributed by atoms with van der Waals surface area (Å²) in [6.45, 7) is -0.0237. The lowest BCUT2D eigenvalue weighted by Crippen LogP contribution is -2.19. The largest absolute Gasteiger partial charge is 0.361 e. The number of aromatic nitrogens is 1. The molecule has 2 nitrogen and oxygen atoms in total. The Hall–Kier alpha value is -1.42. The van der Waals surface area contributed by atoms with Gasteiger partial charge >= 0.3 is 0 Å². The average molecular weight is 210 g/mol. The fourth-order valence-corrected chi connectivity index (χ4v) is 1.71. The molecule has 4 heteroatoms. The van der Waals surface area contributed by atoms with Crippen LogP contribution in [-0.2, 0) is 5.92 Å². The molecule has 0 aliphatic heterocycles. The first-order chi connectivity index (χ1) is 7.15. The Morgan fingerprint density at radius 2 is 2.07 bits per heavy atom. The number of aromatic amines is 1. The molecule has 80 valence electrons. The van der Waals surface area contributed by atoms with Crippen molar-refractivity contribution in [3.8, 4) is 0 Å². The number of hydrogen-bond acceptors (Lipinski definition) is 1. The number of rotatable bonds is 3. The molecule has 0 bridgehead atoms. The standard InChI is InChI=1S/C11H12F2N2/c12-11(13,5-6-14)9-3-1-2-8-4-7-15-10(8)9/h1-4,7,15H,5-6,14H2. The first-order valence-corrected chi connectivity index (χ1v) is 4.79. The number of hydrogen-bond donors (Lipinski definition) is 2. The third kappa shape index (κ3) is 1.72. The lowest BCUT2D eigenvalue weighted by molar-refractivity contribution is -0.00928. The molecular weight excluding hydrogens is 198 g/mol. The lowest BCUT2D eigenvalue weighted by Gasteiger charge is -2.16. The number of nitrogens with one attached hydrogen (secondary N) is 1. The Bertz CT molecular complexity index is 462. The van der Waals surface area contributed by atoms with Crippen LogP contribution in [0.15, 0.2) is 30.5 Å². The minimum atomic E-state index is -2.86. The van der Waals surface area contributed by atoms with E-state index in [-0.39, 0.29) is 18.5 Å². The number of benzene rings is 1. The predicted molar refractivity (Wildman–Crippen MR) is 55.9 cm³/mol. The van der Waals surface area contributed by atoms with Gasteiger partial charge in [0.1, 0.15) is 0 Å². The number of H-pyrrole nitrogens is 1. The molecule has 0 unspecified atom stereocenters. The number of halogens is 2. The summed E-state index contributed by atoms with van der Waals surface area (Å²) in [7, 11) is 0. The Morgan fingerprint density at radius 3 is 2.80 bits per heavy atom. The van der Waals surface area contributed by atoms with Gasteiger partial charge in [-0.2, -0.15) is 0 Å². The van der Waals surface area contributed by atoms with Crippen LogP contribution in [0.3, 0.4) is 0 Å². The minimum absolute atomic E-state index is 0.0236. The summed E-state index contributed by atoms with van der Waals surface area (Å²) >= 11 is 0. The molecule has 0 fully saturated rings. The highest BCUT2D eigenvalue weighted by Gasteiger charge is 2.32. The van der Waals surface area contributed by atoms with Crippen LogP contribution in [-0.4, -0.2) is 11.5 Å². The SMILES string of the molecule is NCCC(F)(F)c1cccc2cc[nH]c12. The third-order valence-electron chi connectivity index (χ3n) is 2.44. The molecule has 2 rings (SSSR count). The summed E-state index contributed by atoms with van der Waals surface area (Å²) in [5, 5.41) is 0.796. The van der Waals surface area contributed by atoms with E-state index in [9.17, 15) is 8.78 Å². The second-order valence-corrected chi connectivity index (χ2v) is 3.49. The highest BCUT2D eigenvalue weighted by molar-refractivity contribution is 5.83. The molecule has 15 heavy (non-hydrogen) atoms. The molecule has 0 atom stereocenters. The summed E-state index contributed by atoms with van der Waals surface area (Å²) < 4.78 is 27.3. The molecule has 0 radical (unpaired) electrons. The Kier molecular flexibility index (Phi) is 2.44. The van der Waals surface area contributed by atoms with Crippen molar-refractivity contribution in [2.45, 2.75) is 12.3 Å². The van der Waals surface area contributed by atoms with Crippen molar-refractivity contribution >= 4 is 10.9 Å². The summed E-state index contributed by atoms with van der Waals surface area (Å²) in [5.74, 6) is -2.86. The molecule has 0 spiro atoms. The molecule has 0 aliphatic carbocycles. The topological polar surface area (TPSA) is 41.8 Å². The molecule has 0 saturated carbocycles. The maximum Gasteiger partial charge on any atom is 0.276 e. The molecule has 2 aromatic rings. The first kappa shape index (κ1) is 10.1. The van der Waals surface area contributed by atoms with E-state index in [1.54, 1.807) is 24.4 Å². The van der Waals surface area contributed by atoms with Gasteiger partial charge in [0.2, 0.25) is 0 Å². The molecule has 0 amide bonds. The van der Waals surface area contributed by atoms with Crippen molar-refractivity contribution in [3.63, 3.8) is 0 Å². The van der Waals surface area contributed by atoms with Gasteiger partial charge in [-0.15, -0.1) is 0 Å². The van der Waals surface area contributed by atoms with Crippen molar-refractivity contribution in [2.24, 2.45) is 5.73 Å². The van der Waals surface area contributed by atoms with E-state index in [0.29, 0.717) is 5.52 Å². The van der Waals surface area contributed by atoms with Crippen molar-refractivity contribution in [1.82, 2.24) is 4.98 Å². The van der Waals surface area contributed by atoms with Gasteiger partial charge in [0.25, 0.3) is 5.92 Å². The van der Waals surface area contributed by atoms with E-state index in [2.05, 4.69) is 4.98 Å².